The molecule has 20 heavy (non-hydrogen) atoms. The van der Waals surface area contributed by atoms with E-state index >= 15 is 0 Å². The largest absolute Gasteiger partial charge is 0.383 e. The van der Waals surface area contributed by atoms with Gasteiger partial charge in [0.15, 0.2) is 5.96 Å². The van der Waals surface area contributed by atoms with E-state index < -0.39 is 0 Å². The maximum absolute atomic E-state index is 5.83. The molecule has 1 aromatic carbocycles. The summed E-state index contributed by atoms with van der Waals surface area (Å²) in [5.74, 6) is 0.467. The number of nitrogens with zero attached hydrogens (tertiary/aromatic N) is 1. The smallest absolute Gasteiger partial charge is 0.188 e. The van der Waals surface area contributed by atoms with Gasteiger partial charge in [-0.05, 0) is 25.0 Å². The third-order valence-electron chi connectivity index (χ3n) is 3.15. The lowest BCUT2D eigenvalue weighted by Crippen LogP contribution is -2.40. The molecule has 0 aliphatic heterocycles. The Hall–Kier alpha value is -2.01. The molecule has 4 N–H and O–H groups in total. The molecule has 1 aromatic heterocycles. The van der Waals surface area contributed by atoms with Gasteiger partial charge in [0, 0.05) is 36.8 Å². The van der Waals surface area contributed by atoms with Crippen molar-refractivity contribution in [1.29, 1.82) is 0 Å². The first kappa shape index (κ1) is 14.4. The Bertz CT molecular complexity index is 576. The van der Waals surface area contributed by atoms with Gasteiger partial charge in [0.2, 0.25) is 0 Å². The SMILES string of the molecule is COCC(C)NC(N)=NCCc1c[nH]c2ccccc12. The number of hydrogen-bond donors (Lipinski definition) is 3. The number of guanidine groups is 1. The van der Waals surface area contributed by atoms with E-state index in [1.54, 1.807) is 7.11 Å². The topological polar surface area (TPSA) is 75.4 Å². The van der Waals surface area contributed by atoms with Gasteiger partial charge in [0.1, 0.15) is 0 Å². The van der Waals surface area contributed by atoms with Crippen molar-refractivity contribution in [2.75, 3.05) is 20.3 Å². The van der Waals surface area contributed by atoms with E-state index in [1.165, 1.54) is 10.9 Å². The van der Waals surface area contributed by atoms with Crippen LogP contribution in [0.3, 0.4) is 0 Å². The van der Waals surface area contributed by atoms with Crippen molar-refractivity contribution >= 4 is 16.9 Å². The van der Waals surface area contributed by atoms with Crippen LogP contribution in [0.15, 0.2) is 35.5 Å². The molecule has 0 aliphatic rings. The van der Waals surface area contributed by atoms with E-state index in [1.807, 2.05) is 25.3 Å². The minimum Gasteiger partial charge on any atom is -0.383 e. The second-order valence-corrected chi connectivity index (χ2v) is 4.88. The van der Waals surface area contributed by atoms with Crippen LogP contribution in [-0.2, 0) is 11.2 Å². The average molecular weight is 274 g/mol. The number of nitrogens with two attached hydrogens (primary N) is 1. The maximum atomic E-state index is 5.83. The third-order valence-corrected chi connectivity index (χ3v) is 3.15. The predicted octanol–water partition coefficient (Wildman–Crippen LogP) is 1.65. The summed E-state index contributed by atoms with van der Waals surface area (Å²) in [7, 11) is 1.67. The van der Waals surface area contributed by atoms with Gasteiger partial charge < -0.3 is 20.8 Å². The minimum absolute atomic E-state index is 0.164. The van der Waals surface area contributed by atoms with Gasteiger partial charge in [-0.2, -0.15) is 0 Å². The molecule has 2 aromatic rings. The van der Waals surface area contributed by atoms with E-state index in [9.17, 15) is 0 Å². The molecule has 0 saturated heterocycles. The summed E-state index contributed by atoms with van der Waals surface area (Å²) in [5.41, 5.74) is 8.26. The van der Waals surface area contributed by atoms with Crippen molar-refractivity contribution in [1.82, 2.24) is 10.3 Å². The molecule has 108 valence electrons. The molecule has 0 spiro atoms. The van der Waals surface area contributed by atoms with Crippen molar-refractivity contribution < 1.29 is 4.74 Å². The predicted molar refractivity (Wildman–Crippen MR) is 83.0 cm³/mol. The van der Waals surface area contributed by atoms with Crippen LogP contribution in [0.2, 0.25) is 0 Å². The molecule has 1 unspecified atom stereocenters. The van der Waals surface area contributed by atoms with Gasteiger partial charge >= 0.3 is 0 Å². The highest BCUT2D eigenvalue weighted by atomic mass is 16.5. The lowest BCUT2D eigenvalue weighted by Gasteiger charge is -2.12. The van der Waals surface area contributed by atoms with Crippen LogP contribution < -0.4 is 11.1 Å². The van der Waals surface area contributed by atoms with Crippen LogP contribution in [0.4, 0.5) is 0 Å². The molecule has 1 atom stereocenters. The van der Waals surface area contributed by atoms with Gasteiger partial charge in [-0.25, -0.2) is 0 Å². The number of ether oxygens (including phenoxy) is 1. The third kappa shape index (κ3) is 3.74. The minimum atomic E-state index is 0.164. The Morgan fingerprint density at radius 2 is 2.25 bits per heavy atom. The van der Waals surface area contributed by atoms with E-state index in [4.69, 9.17) is 10.5 Å². The Balaban J connectivity index is 1.89. The quantitative estimate of drug-likeness (QED) is 0.554. The zero-order valence-corrected chi connectivity index (χ0v) is 12.0. The lowest BCUT2D eigenvalue weighted by atomic mass is 10.1. The Morgan fingerprint density at radius 1 is 1.45 bits per heavy atom. The lowest BCUT2D eigenvalue weighted by molar-refractivity contribution is 0.179. The zero-order valence-electron chi connectivity index (χ0n) is 12.0. The summed E-state index contributed by atoms with van der Waals surface area (Å²) < 4.78 is 5.04. The first-order valence-corrected chi connectivity index (χ1v) is 6.81. The molecule has 0 aliphatic carbocycles. The number of aromatic amines is 1. The summed E-state index contributed by atoms with van der Waals surface area (Å²) >= 11 is 0. The average Bonchev–Trinajstić information content (AvgIpc) is 2.82. The molecular weight excluding hydrogens is 252 g/mol. The van der Waals surface area contributed by atoms with Crippen LogP contribution in [0.1, 0.15) is 12.5 Å². The van der Waals surface area contributed by atoms with Crippen LogP contribution in [0.25, 0.3) is 10.9 Å². The van der Waals surface area contributed by atoms with Gasteiger partial charge in [-0.3, -0.25) is 4.99 Å². The number of nitrogens with one attached hydrogen (secondary N) is 2. The summed E-state index contributed by atoms with van der Waals surface area (Å²) in [5, 5.41) is 4.34. The number of para-hydroxylation sites is 1. The zero-order chi connectivity index (χ0) is 14.4. The molecule has 0 bridgehead atoms. The second-order valence-electron chi connectivity index (χ2n) is 4.88. The number of aliphatic imine (C=N–C) groups is 1. The normalized spacial score (nSPS) is 13.6. The van der Waals surface area contributed by atoms with Crippen LogP contribution in [0.5, 0.6) is 0 Å². The molecule has 2 rings (SSSR count). The number of fused-ring (bicyclic) bond motifs is 1. The van der Waals surface area contributed by atoms with Gasteiger partial charge in [0.25, 0.3) is 0 Å². The molecule has 1 heterocycles. The van der Waals surface area contributed by atoms with Crippen molar-refractivity contribution in [2.45, 2.75) is 19.4 Å². The molecule has 5 nitrogen and oxygen atoms in total. The Labute approximate surface area is 119 Å². The first-order valence-electron chi connectivity index (χ1n) is 6.81. The number of benzene rings is 1. The molecule has 0 radical (unpaired) electrons. The van der Waals surface area contributed by atoms with Crippen molar-refractivity contribution in [3.05, 3.63) is 36.0 Å². The summed E-state index contributed by atoms with van der Waals surface area (Å²) in [6.45, 7) is 3.28. The Kier molecular flexibility index (Phi) is 5.01. The number of aromatic nitrogens is 1. The number of H-pyrrole nitrogens is 1. The molecular formula is C15H22N4O. The second kappa shape index (κ2) is 6.96. The summed E-state index contributed by atoms with van der Waals surface area (Å²) in [6.07, 6.45) is 2.91. The fourth-order valence-electron chi connectivity index (χ4n) is 2.23. The van der Waals surface area contributed by atoms with Gasteiger partial charge in [-0.15, -0.1) is 0 Å². The van der Waals surface area contributed by atoms with Gasteiger partial charge in [0.05, 0.1) is 6.61 Å². The van der Waals surface area contributed by atoms with Crippen LogP contribution >= 0.6 is 0 Å². The number of methoxy groups -OCH3 is 1. The molecule has 5 heteroatoms. The fraction of sp³-hybridized carbons (Fsp3) is 0.400. The van der Waals surface area contributed by atoms with Crippen molar-refractivity contribution in [3.8, 4) is 0 Å². The van der Waals surface area contributed by atoms with E-state index in [2.05, 4.69) is 27.4 Å². The van der Waals surface area contributed by atoms with Gasteiger partial charge in [-0.1, -0.05) is 18.2 Å². The maximum Gasteiger partial charge on any atom is 0.188 e. The highest BCUT2D eigenvalue weighted by molar-refractivity contribution is 5.83. The summed E-state index contributed by atoms with van der Waals surface area (Å²) in [6, 6.07) is 8.43. The van der Waals surface area contributed by atoms with Crippen LogP contribution in [0, 0.1) is 0 Å². The van der Waals surface area contributed by atoms with Crippen molar-refractivity contribution in [2.24, 2.45) is 10.7 Å². The standard InChI is InChI=1S/C15H22N4O/c1-11(10-20-2)19-15(16)17-8-7-12-9-18-14-6-4-3-5-13(12)14/h3-6,9,11,18H,7-8,10H2,1-2H3,(H3,16,17,19). The number of rotatable bonds is 6. The number of hydrogen-bond acceptors (Lipinski definition) is 2. The first-order chi connectivity index (χ1) is 9.70. The van der Waals surface area contributed by atoms with E-state index in [-0.39, 0.29) is 6.04 Å². The highest BCUT2D eigenvalue weighted by Crippen LogP contribution is 2.17. The highest BCUT2D eigenvalue weighted by Gasteiger charge is 2.03. The molecule has 0 fully saturated rings. The Morgan fingerprint density at radius 3 is 3.05 bits per heavy atom. The van der Waals surface area contributed by atoms with E-state index in [0.717, 1.165) is 11.9 Å². The van der Waals surface area contributed by atoms with Crippen LogP contribution in [-0.4, -0.2) is 37.2 Å². The molecule has 0 saturated carbocycles. The monoisotopic (exact) mass is 274 g/mol. The summed E-state index contributed by atoms with van der Waals surface area (Å²) in [4.78, 5) is 7.61. The molecule has 0 amide bonds. The fourth-order valence-corrected chi connectivity index (χ4v) is 2.23. The van der Waals surface area contributed by atoms with E-state index in [0.29, 0.717) is 19.1 Å². The van der Waals surface area contributed by atoms with Crippen molar-refractivity contribution in [3.63, 3.8) is 0 Å².